The third-order valence-electron chi connectivity index (χ3n) is 7.07. The Morgan fingerprint density at radius 1 is 0.816 bits per heavy atom. The molecule has 1 heterocycles. The summed E-state index contributed by atoms with van der Waals surface area (Å²) in [6.07, 6.45) is 0.472. The maximum atomic E-state index is 13.2. The number of carbonyl (C=O) groups is 2. The molecule has 4 rings (SSSR count). The first-order valence-electron chi connectivity index (χ1n) is 12.2. The Kier molecular flexibility index (Phi) is 7.80. The number of carbonyl (C=O) groups excluding carboxylic acids is 2. The maximum Gasteiger partial charge on any atom is 0.339 e. The first kappa shape index (κ1) is 26.5. The first-order chi connectivity index (χ1) is 18.2. The molecule has 1 amide bonds. The van der Waals surface area contributed by atoms with Gasteiger partial charge in [0, 0.05) is 47.8 Å². The molecule has 196 valence electrons. The van der Waals surface area contributed by atoms with Gasteiger partial charge in [-0.1, -0.05) is 42.5 Å². The molecule has 1 aliphatic rings. The van der Waals surface area contributed by atoms with Crippen LogP contribution in [0.2, 0.25) is 0 Å². The van der Waals surface area contributed by atoms with Gasteiger partial charge in [0.05, 0.1) is 15.4 Å². The molecule has 3 aromatic rings. The molecule has 0 radical (unpaired) electrons. The average Bonchev–Trinajstić information content (AvgIpc) is 2.91. The van der Waals surface area contributed by atoms with Crippen molar-refractivity contribution in [3.63, 3.8) is 0 Å². The smallest absolute Gasteiger partial charge is 0.339 e. The lowest BCUT2D eigenvalue weighted by Crippen LogP contribution is -2.40. The van der Waals surface area contributed by atoms with E-state index >= 15 is 0 Å². The summed E-state index contributed by atoms with van der Waals surface area (Å²) in [6.45, 7) is 3.87. The Morgan fingerprint density at radius 3 is 1.89 bits per heavy atom. The number of nitrogens with zero attached hydrogens (tertiary/aromatic N) is 3. The van der Waals surface area contributed by atoms with Crippen LogP contribution in [0.3, 0.4) is 0 Å². The van der Waals surface area contributed by atoms with E-state index in [-0.39, 0.29) is 34.3 Å². The topological polar surface area (TPSA) is 133 Å². The second-order valence-electron chi connectivity index (χ2n) is 9.28. The monoisotopic (exact) mass is 517 g/mol. The van der Waals surface area contributed by atoms with Gasteiger partial charge in [0.2, 0.25) is 0 Å². The Morgan fingerprint density at radius 2 is 1.34 bits per heavy atom. The first-order valence-corrected chi connectivity index (χ1v) is 12.2. The molecular formula is C28H27N3O7. The third-order valence-corrected chi connectivity index (χ3v) is 7.07. The highest BCUT2D eigenvalue weighted by atomic mass is 16.6. The van der Waals surface area contributed by atoms with E-state index < -0.39 is 21.9 Å². The van der Waals surface area contributed by atoms with Crippen LogP contribution >= 0.6 is 0 Å². The van der Waals surface area contributed by atoms with Crippen LogP contribution in [0.4, 0.5) is 11.4 Å². The van der Waals surface area contributed by atoms with Crippen molar-refractivity contribution in [1.29, 1.82) is 0 Å². The fraction of sp³-hybridized carbons (Fsp3) is 0.286. The molecule has 1 fully saturated rings. The number of hydrogen-bond donors (Lipinski definition) is 0. The van der Waals surface area contributed by atoms with Crippen LogP contribution in [0.5, 0.6) is 0 Å². The molecule has 0 N–H and O–H groups in total. The lowest BCUT2D eigenvalue weighted by atomic mass is 9.87. The zero-order valence-corrected chi connectivity index (χ0v) is 21.0. The highest BCUT2D eigenvalue weighted by Gasteiger charge is 2.34. The second kappa shape index (κ2) is 11.2. The summed E-state index contributed by atoms with van der Waals surface area (Å²) in [6, 6.07) is 18.1. The number of piperidine rings is 1. The maximum absolute atomic E-state index is 13.2. The van der Waals surface area contributed by atoms with Gasteiger partial charge in [-0.05, 0) is 44.4 Å². The van der Waals surface area contributed by atoms with Gasteiger partial charge < -0.3 is 9.64 Å². The Bertz CT molecular complexity index is 1380. The van der Waals surface area contributed by atoms with Crippen molar-refractivity contribution in [3.05, 3.63) is 115 Å². The Labute approximate surface area is 219 Å². The van der Waals surface area contributed by atoms with Crippen LogP contribution in [-0.4, -0.2) is 39.7 Å². The molecule has 10 heteroatoms. The fourth-order valence-electron chi connectivity index (χ4n) is 4.93. The average molecular weight is 518 g/mol. The number of rotatable bonds is 7. The van der Waals surface area contributed by atoms with Crippen LogP contribution in [0.15, 0.2) is 66.7 Å². The van der Waals surface area contributed by atoms with E-state index in [1.54, 1.807) is 17.9 Å². The number of likely N-dealkylation sites (tertiary alicyclic amines) is 1. The van der Waals surface area contributed by atoms with Crippen LogP contribution < -0.4 is 0 Å². The lowest BCUT2D eigenvalue weighted by molar-refractivity contribution is -0.385. The van der Waals surface area contributed by atoms with Gasteiger partial charge in [-0.2, -0.15) is 0 Å². The predicted octanol–water partition coefficient (Wildman–Crippen LogP) is 5.57. The molecule has 38 heavy (non-hydrogen) atoms. The van der Waals surface area contributed by atoms with Crippen molar-refractivity contribution in [2.24, 2.45) is 5.92 Å². The fourth-order valence-corrected chi connectivity index (χ4v) is 4.93. The van der Waals surface area contributed by atoms with E-state index in [0.29, 0.717) is 37.1 Å². The molecule has 3 aromatic carbocycles. The summed E-state index contributed by atoms with van der Waals surface area (Å²) >= 11 is 0. The van der Waals surface area contributed by atoms with Gasteiger partial charge in [-0.3, -0.25) is 25.0 Å². The number of ether oxygens (including phenoxy) is 1. The van der Waals surface area contributed by atoms with Crippen molar-refractivity contribution in [3.8, 4) is 0 Å². The molecule has 0 bridgehead atoms. The van der Waals surface area contributed by atoms with E-state index in [4.69, 9.17) is 4.74 Å². The van der Waals surface area contributed by atoms with E-state index in [9.17, 15) is 29.8 Å². The quantitative estimate of drug-likeness (QED) is 0.227. The zero-order chi connectivity index (χ0) is 27.4. The van der Waals surface area contributed by atoms with E-state index in [0.717, 1.165) is 5.56 Å². The van der Waals surface area contributed by atoms with Crippen molar-refractivity contribution in [2.75, 3.05) is 13.1 Å². The van der Waals surface area contributed by atoms with Crippen molar-refractivity contribution >= 4 is 23.3 Å². The number of amides is 1. The summed E-state index contributed by atoms with van der Waals surface area (Å²) in [5.74, 6) is -1.02. The molecule has 0 saturated carbocycles. The third kappa shape index (κ3) is 5.39. The molecule has 10 nitrogen and oxygen atoms in total. The molecule has 0 unspecified atom stereocenters. The highest BCUT2D eigenvalue weighted by molar-refractivity contribution is 5.96. The summed E-state index contributed by atoms with van der Waals surface area (Å²) in [5.41, 5.74) is 1.54. The zero-order valence-electron chi connectivity index (χ0n) is 21.0. The van der Waals surface area contributed by atoms with Gasteiger partial charge in [0.15, 0.2) is 0 Å². The number of nitro benzene ring substituents is 2. The largest absolute Gasteiger partial charge is 0.454 e. The van der Waals surface area contributed by atoms with Crippen LogP contribution in [0, 0.1) is 40.0 Å². The van der Waals surface area contributed by atoms with E-state index in [1.165, 1.54) is 37.3 Å². The predicted molar refractivity (Wildman–Crippen MR) is 139 cm³/mol. The second-order valence-corrected chi connectivity index (χ2v) is 9.28. The molecular weight excluding hydrogens is 490 g/mol. The van der Waals surface area contributed by atoms with E-state index in [2.05, 4.69) is 0 Å². The summed E-state index contributed by atoms with van der Waals surface area (Å²) in [4.78, 5) is 49.6. The van der Waals surface area contributed by atoms with Crippen LogP contribution in [0.1, 0.15) is 56.4 Å². The van der Waals surface area contributed by atoms with E-state index in [1.807, 2.05) is 30.3 Å². The van der Waals surface area contributed by atoms with Gasteiger partial charge in [0.25, 0.3) is 17.3 Å². The summed E-state index contributed by atoms with van der Waals surface area (Å²) < 4.78 is 5.98. The highest BCUT2D eigenvalue weighted by Crippen LogP contribution is 2.36. The molecule has 0 aliphatic carbocycles. The molecule has 1 aliphatic heterocycles. The SMILES string of the molecule is Cc1c(C(=O)O[C@@H](c2ccccc2)C2CCN(C(=O)c3cccc([N+](=O)[O-])c3C)CC2)cccc1[N+](=O)[O-]. The Hall–Kier alpha value is -4.60. The number of nitro groups is 2. The molecule has 0 spiro atoms. The molecule has 1 saturated heterocycles. The summed E-state index contributed by atoms with van der Waals surface area (Å²) in [7, 11) is 0. The minimum atomic E-state index is -0.647. The van der Waals surface area contributed by atoms with Gasteiger partial charge in [-0.25, -0.2) is 4.79 Å². The number of hydrogen-bond acceptors (Lipinski definition) is 7. The number of esters is 1. The van der Waals surface area contributed by atoms with Gasteiger partial charge in [0.1, 0.15) is 6.10 Å². The normalized spacial score (nSPS) is 14.5. The lowest BCUT2D eigenvalue weighted by Gasteiger charge is -2.36. The minimum absolute atomic E-state index is 0.0989. The summed E-state index contributed by atoms with van der Waals surface area (Å²) in [5, 5.41) is 22.6. The Balaban J connectivity index is 1.53. The van der Waals surface area contributed by atoms with Crippen molar-refractivity contribution in [2.45, 2.75) is 32.8 Å². The van der Waals surface area contributed by atoms with Crippen LogP contribution in [-0.2, 0) is 4.74 Å². The van der Waals surface area contributed by atoms with Gasteiger partial charge in [-0.15, -0.1) is 0 Å². The minimum Gasteiger partial charge on any atom is -0.454 e. The molecule has 1 atom stereocenters. The standard InChI is InChI=1S/C28H27N3O7/c1-18-22(10-6-12-24(18)30(34)35)27(32)29-16-14-21(15-17-29)26(20-8-4-3-5-9-20)38-28(33)23-11-7-13-25(19(23)2)31(36)37/h3-13,21,26H,14-17H2,1-2H3/t26-/m0/s1. The van der Waals surface area contributed by atoms with Crippen molar-refractivity contribution in [1.82, 2.24) is 4.90 Å². The van der Waals surface area contributed by atoms with Crippen molar-refractivity contribution < 1.29 is 24.2 Å². The van der Waals surface area contributed by atoms with Gasteiger partial charge >= 0.3 is 5.97 Å². The number of benzene rings is 3. The molecule has 0 aromatic heterocycles. The van der Waals surface area contributed by atoms with Crippen LogP contribution in [0.25, 0.3) is 0 Å².